The van der Waals surface area contributed by atoms with Gasteiger partial charge in [-0.3, -0.25) is 4.79 Å². The topological polar surface area (TPSA) is 78.3 Å². The average molecular weight is 407 g/mol. The van der Waals surface area contributed by atoms with Crippen molar-refractivity contribution < 1.29 is 14.3 Å². The molecule has 0 fully saturated rings. The molecule has 28 heavy (non-hydrogen) atoms. The van der Waals surface area contributed by atoms with E-state index in [1.54, 1.807) is 7.11 Å². The van der Waals surface area contributed by atoms with Gasteiger partial charge in [-0.1, -0.05) is 44.7 Å². The number of hydrogen-bond donors (Lipinski definition) is 1. The molecule has 1 aromatic carbocycles. The highest BCUT2D eigenvalue weighted by Gasteiger charge is 2.16. The third-order valence-electron chi connectivity index (χ3n) is 4.00. The van der Waals surface area contributed by atoms with Gasteiger partial charge < -0.3 is 19.4 Å². The lowest BCUT2D eigenvalue weighted by atomic mass is 10.2. The van der Waals surface area contributed by atoms with Crippen molar-refractivity contribution in [3.8, 4) is 5.75 Å². The highest BCUT2D eigenvalue weighted by Crippen LogP contribution is 2.20. The number of ether oxygens (including phenoxy) is 2. The molecule has 1 N–H and O–H groups in total. The van der Waals surface area contributed by atoms with Crippen LogP contribution in [0.2, 0.25) is 0 Å². The molecular weight excluding hydrogens is 376 g/mol. The van der Waals surface area contributed by atoms with Crippen molar-refractivity contribution in [2.45, 2.75) is 45.5 Å². The van der Waals surface area contributed by atoms with Crippen LogP contribution in [-0.2, 0) is 29.1 Å². The molecule has 0 saturated heterocycles. The maximum Gasteiger partial charge on any atom is 0.230 e. The number of aromatic nitrogens is 3. The smallest absolute Gasteiger partial charge is 0.230 e. The molecule has 0 unspecified atom stereocenters. The molecule has 0 bridgehead atoms. The number of hydrogen-bond acceptors (Lipinski definition) is 6. The predicted octanol–water partition coefficient (Wildman–Crippen LogP) is 2.93. The number of benzene rings is 1. The van der Waals surface area contributed by atoms with Crippen LogP contribution < -0.4 is 10.1 Å². The SMILES string of the molecule is CCc1ccc(OCc2nnc(SCC(=O)NCCOC)n2CC(C)C)cc1. The Hall–Kier alpha value is -2.06. The summed E-state index contributed by atoms with van der Waals surface area (Å²) in [6.07, 6.45) is 1.00. The van der Waals surface area contributed by atoms with Crippen LogP contribution in [0.5, 0.6) is 5.75 Å². The summed E-state index contributed by atoms with van der Waals surface area (Å²) in [7, 11) is 1.61. The van der Waals surface area contributed by atoms with E-state index in [1.807, 2.05) is 16.7 Å². The number of carbonyl (C=O) groups excluding carboxylic acids is 1. The number of methoxy groups -OCH3 is 1. The van der Waals surface area contributed by atoms with Crippen LogP contribution in [0.4, 0.5) is 0 Å². The zero-order valence-corrected chi connectivity index (χ0v) is 17.9. The molecule has 154 valence electrons. The zero-order valence-electron chi connectivity index (χ0n) is 17.1. The summed E-state index contributed by atoms with van der Waals surface area (Å²) in [4.78, 5) is 11.9. The quantitative estimate of drug-likeness (QED) is 0.431. The molecule has 0 aliphatic rings. The molecule has 0 aliphatic carbocycles. The Morgan fingerprint density at radius 3 is 2.64 bits per heavy atom. The average Bonchev–Trinajstić information content (AvgIpc) is 3.06. The Kier molecular flexibility index (Phi) is 9.30. The number of rotatable bonds is 12. The molecule has 8 heteroatoms. The van der Waals surface area contributed by atoms with Crippen molar-refractivity contribution >= 4 is 17.7 Å². The Balaban J connectivity index is 1.98. The summed E-state index contributed by atoms with van der Waals surface area (Å²) in [6.45, 7) is 8.52. The van der Waals surface area contributed by atoms with Gasteiger partial charge in [0.15, 0.2) is 11.0 Å². The number of nitrogens with one attached hydrogen (secondary N) is 1. The van der Waals surface area contributed by atoms with E-state index in [0.717, 1.165) is 29.7 Å². The van der Waals surface area contributed by atoms with Crippen LogP contribution in [0, 0.1) is 5.92 Å². The molecule has 1 heterocycles. The summed E-state index contributed by atoms with van der Waals surface area (Å²) < 4.78 is 12.9. The van der Waals surface area contributed by atoms with Gasteiger partial charge in [-0.25, -0.2) is 0 Å². The van der Waals surface area contributed by atoms with E-state index in [4.69, 9.17) is 9.47 Å². The van der Waals surface area contributed by atoms with Gasteiger partial charge in [0.25, 0.3) is 0 Å². The standard InChI is InChI=1S/C20H30N4O3S/c1-5-16-6-8-17(9-7-16)27-13-18-22-23-20(24(18)12-15(2)3)28-14-19(25)21-10-11-26-4/h6-9,15H,5,10-14H2,1-4H3,(H,21,25). The fourth-order valence-electron chi connectivity index (χ4n) is 2.52. The summed E-state index contributed by atoms with van der Waals surface area (Å²) in [5, 5.41) is 12.1. The van der Waals surface area contributed by atoms with Crippen LogP contribution in [0.25, 0.3) is 0 Å². The third-order valence-corrected chi connectivity index (χ3v) is 4.97. The predicted molar refractivity (Wildman–Crippen MR) is 111 cm³/mol. The maximum absolute atomic E-state index is 11.9. The molecule has 0 radical (unpaired) electrons. The highest BCUT2D eigenvalue weighted by molar-refractivity contribution is 7.99. The number of aryl methyl sites for hydroxylation is 1. The summed E-state index contributed by atoms with van der Waals surface area (Å²) in [6, 6.07) is 8.08. The highest BCUT2D eigenvalue weighted by atomic mass is 32.2. The second-order valence-corrected chi connectivity index (χ2v) is 7.76. The fourth-order valence-corrected chi connectivity index (χ4v) is 3.32. The Morgan fingerprint density at radius 2 is 2.00 bits per heavy atom. The van der Waals surface area contributed by atoms with Crippen LogP contribution >= 0.6 is 11.8 Å². The van der Waals surface area contributed by atoms with Crippen molar-refractivity contribution in [2.24, 2.45) is 5.92 Å². The lowest BCUT2D eigenvalue weighted by Gasteiger charge is -2.13. The first-order valence-electron chi connectivity index (χ1n) is 9.55. The monoisotopic (exact) mass is 406 g/mol. The van der Waals surface area contributed by atoms with Crippen molar-refractivity contribution in [1.82, 2.24) is 20.1 Å². The first-order chi connectivity index (χ1) is 13.5. The van der Waals surface area contributed by atoms with Gasteiger partial charge in [-0.05, 0) is 30.0 Å². The van der Waals surface area contributed by atoms with Gasteiger partial charge in [-0.15, -0.1) is 10.2 Å². The second kappa shape index (κ2) is 11.7. The molecule has 0 atom stereocenters. The molecule has 2 rings (SSSR count). The van der Waals surface area contributed by atoms with Crippen molar-refractivity contribution in [1.29, 1.82) is 0 Å². The molecule has 2 aromatic rings. The summed E-state index contributed by atoms with van der Waals surface area (Å²) in [5.74, 6) is 2.24. The van der Waals surface area contributed by atoms with Crippen LogP contribution in [0.3, 0.4) is 0 Å². The van der Waals surface area contributed by atoms with E-state index in [9.17, 15) is 4.79 Å². The minimum atomic E-state index is -0.0463. The fraction of sp³-hybridized carbons (Fsp3) is 0.550. The number of amides is 1. The van der Waals surface area contributed by atoms with Crippen LogP contribution in [0.1, 0.15) is 32.2 Å². The van der Waals surface area contributed by atoms with Crippen molar-refractivity contribution in [3.05, 3.63) is 35.7 Å². The zero-order chi connectivity index (χ0) is 20.4. The molecule has 1 aromatic heterocycles. The van der Waals surface area contributed by atoms with Gasteiger partial charge in [0.1, 0.15) is 12.4 Å². The minimum Gasteiger partial charge on any atom is -0.486 e. The number of nitrogens with zero attached hydrogens (tertiary/aromatic N) is 3. The molecule has 7 nitrogen and oxygen atoms in total. The lowest BCUT2D eigenvalue weighted by molar-refractivity contribution is -0.118. The largest absolute Gasteiger partial charge is 0.486 e. The Bertz CT molecular complexity index is 732. The molecule has 0 saturated carbocycles. The minimum absolute atomic E-state index is 0.0463. The molecule has 0 spiro atoms. The van der Waals surface area contributed by atoms with E-state index in [-0.39, 0.29) is 5.91 Å². The Labute approximate surface area is 171 Å². The first kappa shape index (κ1) is 22.2. The first-order valence-corrected chi connectivity index (χ1v) is 10.5. The lowest BCUT2D eigenvalue weighted by Crippen LogP contribution is -2.28. The maximum atomic E-state index is 11.9. The normalized spacial score (nSPS) is 11.0. The van der Waals surface area contributed by atoms with E-state index >= 15 is 0 Å². The van der Waals surface area contributed by atoms with Crippen LogP contribution in [-0.4, -0.2) is 46.7 Å². The Morgan fingerprint density at radius 1 is 1.25 bits per heavy atom. The number of thioether (sulfide) groups is 1. The van der Waals surface area contributed by atoms with Gasteiger partial charge in [0.2, 0.25) is 5.91 Å². The molecule has 1 amide bonds. The van der Waals surface area contributed by atoms with Gasteiger partial charge in [-0.2, -0.15) is 0 Å². The van der Waals surface area contributed by atoms with Crippen molar-refractivity contribution in [2.75, 3.05) is 26.0 Å². The van der Waals surface area contributed by atoms with E-state index in [0.29, 0.717) is 31.4 Å². The summed E-state index contributed by atoms with van der Waals surface area (Å²) >= 11 is 1.38. The second-order valence-electron chi connectivity index (χ2n) is 6.82. The van der Waals surface area contributed by atoms with Gasteiger partial charge >= 0.3 is 0 Å². The summed E-state index contributed by atoms with van der Waals surface area (Å²) in [5.41, 5.74) is 1.28. The number of carbonyl (C=O) groups is 1. The van der Waals surface area contributed by atoms with Gasteiger partial charge in [0, 0.05) is 20.2 Å². The van der Waals surface area contributed by atoms with Crippen LogP contribution in [0.15, 0.2) is 29.4 Å². The van der Waals surface area contributed by atoms with E-state index in [1.165, 1.54) is 17.3 Å². The third kappa shape index (κ3) is 7.16. The van der Waals surface area contributed by atoms with E-state index < -0.39 is 0 Å². The van der Waals surface area contributed by atoms with Gasteiger partial charge in [0.05, 0.1) is 12.4 Å². The van der Waals surface area contributed by atoms with E-state index in [2.05, 4.69) is 48.4 Å². The molecule has 0 aliphatic heterocycles. The molecular formula is C20H30N4O3S. The van der Waals surface area contributed by atoms with Crippen molar-refractivity contribution in [3.63, 3.8) is 0 Å².